The maximum atomic E-state index is 12.3. The molecule has 1 aromatic heterocycles. The van der Waals surface area contributed by atoms with Gasteiger partial charge in [0.1, 0.15) is 22.5 Å². The highest BCUT2D eigenvalue weighted by Crippen LogP contribution is 2.28. The zero-order chi connectivity index (χ0) is 25.1. The molecule has 0 bridgehead atoms. The minimum Gasteiger partial charge on any atom is -0.495 e. The lowest BCUT2D eigenvalue weighted by Crippen LogP contribution is -2.37. The molecule has 1 amide bonds. The van der Waals surface area contributed by atoms with Crippen LogP contribution in [0.15, 0.2) is 48.5 Å². The van der Waals surface area contributed by atoms with Crippen molar-refractivity contribution in [3.05, 3.63) is 69.7 Å². The minimum absolute atomic E-state index is 0.130. The molecule has 0 fully saturated rings. The van der Waals surface area contributed by atoms with E-state index in [2.05, 4.69) is 20.8 Å². The van der Waals surface area contributed by atoms with Crippen molar-refractivity contribution in [3.63, 3.8) is 0 Å². The summed E-state index contributed by atoms with van der Waals surface area (Å²) in [4.78, 5) is 13.8. The smallest absolute Gasteiger partial charge is 0.264 e. The van der Waals surface area contributed by atoms with E-state index in [4.69, 9.17) is 44.9 Å². The first-order valence-electron chi connectivity index (χ1n) is 10.4. The van der Waals surface area contributed by atoms with Crippen LogP contribution in [-0.2, 0) is 4.79 Å². The number of methoxy groups -OCH3 is 1. The van der Waals surface area contributed by atoms with E-state index in [1.54, 1.807) is 37.4 Å². The van der Waals surface area contributed by atoms with Crippen LogP contribution in [0, 0.1) is 13.8 Å². The number of fused-ring (bicyclic) bond motifs is 1. The van der Waals surface area contributed by atoms with Crippen LogP contribution < -0.4 is 20.1 Å². The number of amides is 1. The molecule has 0 unspecified atom stereocenters. The largest absolute Gasteiger partial charge is 0.495 e. The van der Waals surface area contributed by atoms with Crippen molar-refractivity contribution in [2.45, 2.75) is 13.8 Å². The molecule has 2 N–H and O–H groups in total. The summed E-state index contributed by atoms with van der Waals surface area (Å²) in [5.74, 6) is 0.575. The molecule has 1 heterocycles. The van der Waals surface area contributed by atoms with Crippen molar-refractivity contribution in [1.29, 1.82) is 0 Å². The van der Waals surface area contributed by atoms with Crippen molar-refractivity contribution in [3.8, 4) is 17.2 Å². The molecular weight excluding hydrogens is 509 g/mol. The number of carbonyl (C=O) groups is 1. The highest BCUT2D eigenvalue weighted by atomic mass is 35.5. The average molecular weight is 530 g/mol. The third kappa shape index (κ3) is 5.82. The van der Waals surface area contributed by atoms with Crippen LogP contribution in [0.5, 0.6) is 11.5 Å². The summed E-state index contributed by atoms with van der Waals surface area (Å²) < 4.78 is 10.7. The van der Waals surface area contributed by atoms with Crippen LogP contribution in [0.4, 0.5) is 5.69 Å². The molecule has 0 spiro atoms. The lowest BCUT2D eigenvalue weighted by Gasteiger charge is -2.12. The Morgan fingerprint density at radius 1 is 1.00 bits per heavy atom. The molecule has 180 valence electrons. The molecule has 0 radical (unpaired) electrons. The summed E-state index contributed by atoms with van der Waals surface area (Å²) in [6.07, 6.45) is 0. The van der Waals surface area contributed by atoms with Crippen LogP contribution >= 0.6 is 35.4 Å². The number of rotatable bonds is 6. The maximum absolute atomic E-state index is 12.3. The van der Waals surface area contributed by atoms with Gasteiger partial charge in [-0.05, 0) is 79.7 Å². The Bertz CT molecular complexity index is 1440. The number of hydrogen-bond donors (Lipinski definition) is 2. The normalized spacial score (nSPS) is 10.8. The predicted molar refractivity (Wildman–Crippen MR) is 141 cm³/mol. The highest BCUT2D eigenvalue weighted by molar-refractivity contribution is 7.80. The van der Waals surface area contributed by atoms with E-state index in [0.717, 1.165) is 11.1 Å². The van der Waals surface area contributed by atoms with Crippen molar-refractivity contribution < 1.29 is 14.3 Å². The van der Waals surface area contributed by atoms with Gasteiger partial charge in [-0.25, -0.2) is 0 Å². The number of halogens is 2. The van der Waals surface area contributed by atoms with Gasteiger partial charge in [0.25, 0.3) is 5.91 Å². The van der Waals surface area contributed by atoms with E-state index in [1.165, 1.54) is 4.80 Å². The van der Waals surface area contributed by atoms with E-state index < -0.39 is 5.91 Å². The van der Waals surface area contributed by atoms with Gasteiger partial charge in [0.05, 0.1) is 22.8 Å². The second-order valence-corrected chi connectivity index (χ2v) is 8.91. The Kier molecular flexibility index (Phi) is 7.39. The molecule has 3 aromatic carbocycles. The topological polar surface area (TPSA) is 90.3 Å². The number of aryl methyl sites for hydroxylation is 2. The van der Waals surface area contributed by atoms with E-state index in [1.807, 2.05) is 32.0 Å². The molecule has 0 atom stereocenters. The molecule has 0 saturated carbocycles. The van der Waals surface area contributed by atoms with E-state index in [0.29, 0.717) is 44.0 Å². The Hall–Kier alpha value is -3.40. The van der Waals surface area contributed by atoms with Crippen LogP contribution in [0.2, 0.25) is 10.0 Å². The van der Waals surface area contributed by atoms with Crippen molar-refractivity contribution in [1.82, 2.24) is 20.3 Å². The Labute approximate surface area is 217 Å². The van der Waals surface area contributed by atoms with Gasteiger partial charge < -0.3 is 14.8 Å². The van der Waals surface area contributed by atoms with Crippen molar-refractivity contribution in [2.24, 2.45) is 0 Å². The zero-order valence-corrected chi connectivity index (χ0v) is 21.4. The monoisotopic (exact) mass is 529 g/mol. The summed E-state index contributed by atoms with van der Waals surface area (Å²) in [5, 5.41) is 15.7. The first kappa shape index (κ1) is 24.7. The summed E-state index contributed by atoms with van der Waals surface area (Å²) in [6.45, 7) is 3.58. The van der Waals surface area contributed by atoms with Gasteiger partial charge in [-0.15, -0.1) is 10.2 Å². The zero-order valence-electron chi connectivity index (χ0n) is 19.1. The first-order chi connectivity index (χ1) is 16.7. The van der Waals surface area contributed by atoms with Gasteiger partial charge >= 0.3 is 0 Å². The summed E-state index contributed by atoms with van der Waals surface area (Å²) in [5.41, 5.74) is 4.57. The number of nitrogens with one attached hydrogen (secondary N) is 2. The Balaban J connectivity index is 1.42. The van der Waals surface area contributed by atoms with Gasteiger partial charge in [-0.3, -0.25) is 10.1 Å². The molecule has 0 aliphatic heterocycles. The number of carbonyl (C=O) groups excluding carboxylic acids is 1. The van der Waals surface area contributed by atoms with Gasteiger partial charge in [0.2, 0.25) is 0 Å². The molecular formula is C24H21Cl2N5O3S. The average Bonchev–Trinajstić information content (AvgIpc) is 3.21. The molecule has 0 aliphatic carbocycles. The fourth-order valence-electron chi connectivity index (χ4n) is 3.28. The van der Waals surface area contributed by atoms with Crippen LogP contribution in [-0.4, -0.2) is 39.7 Å². The lowest BCUT2D eigenvalue weighted by atomic mass is 10.2. The van der Waals surface area contributed by atoms with Gasteiger partial charge in [-0.2, -0.15) is 4.80 Å². The maximum Gasteiger partial charge on any atom is 0.264 e. The number of thiocarbonyl (C=S) groups is 1. The first-order valence-corrected chi connectivity index (χ1v) is 11.6. The van der Waals surface area contributed by atoms with Crippen molar-refractivity contribution >= 4 is 63.2 Å². The minimum atomic E-state index is -0.416. The summed E-state index contributed by atoms with van der Waals surface area (Å²) in [7, 11) is 1.55. The quantitative estimate of drug-likeness (QED) is 0.330. The van der Waals surface area contributed by atoms with Gasteiger partial charge in [0.15, 0.2) is 11.7 Å². The SMILES string of the molecule is COc1ccc(-n2nc3cc(C)c(NC(=S)NC(=O)COc4ccc(C)cc4Cl)cc3n2)cc1Cl. The van der Waals surface area contributed by atoms with E-state index >= 15 is 0 Å². The molecule has 35 heavy (non-hydrogen) atoms. The summed E-state index contributed by atoms with van der Waals surface area (Å²) >= 11 is 17.7. The fraction of sp³-hybridized carbons (Fsp3) is 0.167. The summed E-state index contributed by atoms with van der Waals surface area (Å²) in [6, 6.07) is 14.3. The molecule has 4 aromatic rings. The second-order valence-electron chi connectivity index (χ2n) is 7.69. The third-order valence-electron chi connectivity index (χ3n) is 5.04. The van der Waals surface area contributed by atoms with E-state index in [9.17, 15) is 4.79 Å². The third-order valence-corrected chi connectivity index (χ3v) is 5.83. The number of hydrogen-bond acceptors (Lipinski definition) is 6. The molecule has 0 saturated heterocycles. The van der Waals surface area contributed by atoms with Crippen LogP contribution in [0.3, 0.4) is 0 Å². The number of aromatic nitrogens is 3. The van der Waals surface area contributed by atoms with Gasteiger partial charge in [-0.1, -0.05) is 29.3 Å². The van der Waals surface area contributed by atoms with E-state index in [-0.39, 0.29) is 11.7 Å². The van der Waals surface area contributed by atoms with Gasteiger partial charge in [0, 0.05) is 5.69 Å². The second kappa shape index (κ2) is 10.5. The van der Waals surface area contributed by atoms with Crippen LogP contribution in [0.25, 0.3) is 16.7 Å². The number of anilines is 1. The number of nitrogens with zero attached hydrogens (tertiary/aromatic N) is 3. The molecule has 11 heteroatoms. The predicted octanol–water partition coefficient (Wildman–Crippen LogP) is 5.24. The molecule has 4 rings (SSSR count). The Morgan fingerprint density at radius 2 is 1.69 bits per heavy atom. The van der Waals surface area contributed by atoms with Crippen LogP contribution in [0.1, 0.15) is 11.1 Å². The highest BCUT2D eigenvalue weighted by Gasteiger charge is 2.13. The lowest BCUT2D eigenvalue weighted by molar-refractivity contribution is -0.121. The Morgan fingerprint density at radius 3 is 2.37 bits per heavy atom. The molecule has 8 nitrogen and oxygen atoms in total. The molecule has 0 aliphatic rings. The standard InChI is InChI=1S/C24H21Cl2N5O3S/c1-13-4-6-22(16(25)8-13)34-12-23(32)28-24(35)27-18-11-20-19(9-14(18)2)29-31(30-20)15-5-7-21(33-3)17(26)10-15/h4-11H,12H2,1-3H3,(H2,27,28,32,35). The van der Waals surface area contributed by atoms with Crippen molar-refractivity contribution in [2.75, 3.05) is 19.0 Å². The number of ether oxygens (including phenoxy) is 2. The number of benzene rings is 3. The fourth-order valence-corrected chi connectivity index (χ4v) is 4.05.